The first-order valence-electron chi connectivity index (χ1n) is 8.76. The summed E-state index contributed by atoms with van der Waals surface area (Å²) >= 11 is 0. The molecule has 1 saturated heterocycles. The number of carbonyl (C=O) groups excluding carboxylic acids is 2. The molecule has 1 aromatic carbocycles. The third-order valence-electron chi connectivity index (χ3n) is 4.16. The molecule has 138 valence electrons. The summed E-state index contributed by atoms with van der Waals surface area (Å²) in [5.41, 5.74) is -0.418. The molecule has 1 aliphatic heterocycles. The van der Waals surface area contributed by atoms with Gasteiger partial charge >= 0.3 is 11.9 Å². The summed E-state index contributed by atoms with van der Waals surface area (Å²) in [6, 6.07) is 9.87. The maximum Gasteiger partial charge on any atom is 0.340 e. The lowest BCUT2D eigenvalue weighted by Crippen LogP contribution is -2.32. The Morgan fingerprint density at radius 3 is 2.44 bits per heavy atom. The highest BCUT2D eigenvalue weighted by molar-refractivity contribution is 5.83. The monoisotopic (exact) mass is 348 g/mol. The molecule has 2 unspecified atom stereocenters. The minimum Gasteiger partial charge on any atom is -0.464 e. The average molecular weight is 348 g/mol. The highest BCUT2D eigenvalue weighted by Gasteiger charge is 2.63. The van der Waals surface area contributed by atoms with Gasteiger partial charge in [-0.3, -0.25) is 4.79 Å². The van der Waals surface area contributed by atoms with Crippen LogP contribution in [0.4, 0.5) is 0 Å². The zero-order valence-electron chi connectivity index (χ0n) is 15.7. The van der Waals surface area contributed by atoms with Crippen molar-refractivity contribution in [2.75, 3.05) is 6.61 Å². The van der Waals surface area contributed by atoms with Crippen LogP contribution < -0.4 is 0 Å². The van der Waals surface area contributed by atoms with Gasteiger partial charge in [0.2, 0.25) is 0 Å². The summed E-state index contributed by atoms with van der Waals surface area (Å²) < 4.78 is 16.3. The number of epoxide rings is 1. The molecule has 0 spiro atoms. The normalized spacial score (nSPS) is 23.6. The highest BCUT2D eigenvalue weighted by Crippen LogP contribution is 2.44. The smallest absolute Gasteiger partial charge is 0.340 e. The molecule has 0 radical (unpaired) electrons. The van der Waals surface area contributed by atoms with Crippen LogP contribution >= 0.6 is 0 Å². The number of benzene rings is 1. The topological polar surface area (TPSA) is 65.1 Å². The molecule has 0 saturated carbocycles. The highest BCUT2D eigenvalue weighted by atomic mass is 16.7. The molecule has 2 rings (SSSR count). The van der Waals surface area contributed by atoms with Gasteiger partial charge in [0.15, 0.2) is 5.60 Å². The predicted molar refractivity (Wildman–Crippen MR) is 94.0 cm³/mol. The van der Waals surface area contributed by atoms with E-state index in [0.29, 0.717) is 13.0 Å². The second-order valence-electron chi connectivity index (χ2n) is 7.61. The first-order valence-corrected chi connectivity index (χ1v) is 8.76. The van der Waals surface area contributed by atoms with E-state index in [1.807, 2.05) is 51.1 Å². The number of hydrogen-bond acceptors (Lipinski definition) is 5. The largest absolute Gasteiger partial charge is 0.464 e. The Balaban J connectivity index is 2.10. The molecule has 1 aromatic rings. The Hall–Kier alpha value is -1.88. The van der Waals surface area contributed by atoms with Crippen molar-refractivity contribution in [1.29, 1.82) is 0 Å². The van der Waals surface area contributed by atoms with Gasteiger partial charge in [0.1, 0.15) is 11.7 Å². The van der Waals surface area contributed by atoms with Crippen LogP contribution in [0.3, 0.4) is 0 Å². The fourth-order valence-electron chi connectivity index (χ4n) is 3.01. The van der Waals surface area contributed by atoms with Crippen LogP contribution in [-0.2, 0) is 30.2 Å². The van der Waals surface area contributed by atoms with Gasteiger partial charge in [0, 0.05) is 5.92 Å². The third kappa shape index (κ3) is 5.30. The van der Waals surface area contributed by atoms with Gasteiger partial charge < -0.3 is 14.2 Å². The van der Waals surface area contributed by atoms with E-state index >= 15 is 0 Å². The van der Waals surface area contributed by atoms with E-state index in [1.165, 1.54) is 0 Å². The van der Waals surface area contributed by atoms with Crippen LogP contribution in [0.15, 0.2) is 30.3 Å². The van der Waals surface area contributed by atoms with E-state index in [0.717, 1.165) is 5.56 Å². The van der Waals surface area contributed by atoms with Crippen LogP contribution in [0.25, 0.3) is 0 Å². The van der Waals surface area contributed by atoms with Crippen molar-refractivity contribution < 1.29 is 23.8 Å². The summed E-state index contributed by atoms with van der Waals surface area (Å²) in [7, 11) is 0. The minimum absolute atomic E-state index is 0.147. The molecule has 1 fully saturated rings. The molecular weight excluding hydrogens is 320 g/mol. The second-order valence-corrected chi connectivity index (χ2v) is 7.61. The predicted octanol–water partition coefficient (Wildman–Crippen LogP) is 3.30. The van der Waals surface area contributed by atoms with Crippen molar-refractivity contribution >= 4 is 11.9 Å². The van der Waals surface area contributed by atoms with E-state index in [4.69, 9.17) is 14.2 Å². The Bertz CT molecular complexity index is 604. The maximum absolute atomic E-state index is 12.3. The lowest BCUT2D eigenvalue weighted by atomic mass is 9.87. The SMILES string of the molecule is CCOC(=O)C1(C)OC1[C@@H](CC(=O)OC(C)(C)C)Cc1ccccc1. The molecule has 5 nitrogen and oxygen atoms in total. The summed E-state index contributed by atoms with van der Waals surface area (Å²) in [6.45, 7) is 9.32. The summed E-state index contributed by atoms with van der Waals surface area (Å²) in [5, 5.41) is 0. The van der Waals surface area contributed by atoms with Crippen LogP contribution in [0, 0.1) is 5.92 Å². The van der Waals surface area contributed by atoms with Crippen LogP contribution in [0.1, 0.15) is 46.6 Å². The molecular formula is C20H28O5. The van der Waals surface area contributed by atoms with E-state index in [1.54, 1.807) is 13.8 Å². The molecule has 0 amide bonds. The van der Waals surface area contributed by atoms with Crippen LogP contribution in [0.2, 0.25) is 0 Å². The van der Waals surface area contributed by atoms with Gasteiger partial charge in [-0.25, -0.2) is 4.79 Å². The van der Waals surface area contributed by atoms with Crippen molar-refractivity contribution in [3.63, 3.8) is 0 Å². The molecule has 25 heavy (non-hydrogen) atoms. The van der Waals surface area contributed by atoms with Gasteiger partial charge in [-0.15, -0.1) is 0 Å². The summed E-state index contributed by atoms with van der Waals surface area (Å²) in [4.78, 5) is 24.4. The third-order valence-corrected chi connectivity index (χ3v) is 4.16. The van der Waals surface area contributed by atoms with Gasteiger partial charge in [0.05, 0.1) is 13.0 Å². The zero-order chi connectivity index (χ0) is 18.7. The Labute approximate surface area is 149 Å². The molecule has 0 aromatic heterocycles. The van der Waals surface area contributed by atoms with Crippen molar-refractivity contribution in [3.05, 3.63) is 35.9 Å². The minimum atomic E-state index is -0.975. The number of rotatable bonds is 7. The van der Waals surface area contributed by atoms with Gasteiger partial charge in [-0.1, -0.05) is 30.3 Å². The van der Waals surface area contributed by atoms with Gasteiger partial charge in [-0.05, 0) is 46.6 Å². The Morgan fingerprint density at radius 2 is 1.88 bits per heavy atom. The fourth-order valence-corrected chi connectivity index (χ4v) is 3.01. The molecule has 1 heterocycles. The average Bonchev–Trinajstić information content (AvgIpc) is 3.20. The first-order chi connectivity index (χ1) is 11.7. The van der Waals surface area contributed by atoms with Crippen molar-refractivity contribution in [1.82, 2.24) is 0 Å². The first kappa shape index (κ1) is 19.4. The Kier molecular flexibility index (Phi) is 5.88. The Morgan fingerprint density at radius 1 is 1.24 bits per heavy atom. The lowest BCUT2D eigenvalue weighted by Gasteiger charge is -2.22. The van der Waals surface area contributed by atoms with Gasteiger partial charge in [0.25, 0.3) is 0 Å². The van der Waals surface area contributed by atoms with E-state index < -0.39 is 11.2 Å². The summed E-state index contributed by atoms with van der Waals surface area (Å²) in [5.74, 6) is -0.802. The van der Waals surface area contributed by atoms with Crippen LogP contribution in [0.5, 0.6) is 0 Å². The van der Waals surface area contributed by atoms with Crippen molar-refractivity contribution in [2.24, 2.45) is 5.92 Å². The van der Waals surface area contributed by atoms with Crippen molar-refractivity contribution in [2.45, 2.75) is 64.8 Å². The molecule has 0 aliphatic carbocycles. The fraction of sp³-hybridized carbons (Fsp3) is 0.600. The zero-order valence-corrected chi connectivity index (χ0v) is 15.7. The maximum atomic E-state index is 12.3. The number of esters is 2. The van der Waals surface area contributed by atoms with Crippen LogP contribution in [-0.4, -0.2) is 35.9 Å². The second kappa shape index (κ2) is 7.56. The molecule has 3 atom stereocenters. The quantitative estimate of drug-likeness (QED) is 0.559. The number of carbonyl (C=O) groups is 2. The number of hydrogen-bond donors (Lipinski definition) is 0. The number of ether oxygens (including phenoxy) is 3. The molecule has 5 heteroatoms. The standard InChI is InChI=1S/C20H28O5/c1-6-23-18(22)20(5)17(25-20)15(12-14-10-8-7-9-11-14)13-16(21)24-19(2,3)4/h7-11,15,17H,6,12-13H2,1-5H3/t15-,17?,20?/m1/s1. The lowest BCUT2D eigenvalue weighted by molar-refractivity contribution is -0.156. The van der Waals surface area contributed by atoms with Gasteiger partial charge in [-0.2, -0.15) is 0 Å². The molecule has 1 aliphatic rings. The molecule has 0 bridgehead atoms. The van der Waals surface area contributed by atoms with E-state index in [2.05, 4.69) is 0 Å². The molecule has 0 N–H and O–H groups in total. The van der Waals surface area contributed by atoms with E-state index in [-0.39, 0.29) is 30.4 Å². The van der Waals surface area contributed by atoms with Crippen molar-refractivity contribution in [3.8, 4) is 0 Å². The van der Waals surface area contributed by atoms with E-state index in [9.17, 15) is 9.59 Å². The summed E-state index contributed by atoms with van der Waals surface area (Å²) in [6.07, 6.45) is 0.491.